The fourth-order valence-corrected chi connectivity index (χ4v) is 5.06. The van der Waals surface area contributed by atoms with E-state index in [9.17, 15) is 22.0 Å². The summed E-state index contributed by atoms with van der Waals surface area (Å²) < 4.78 is 62.5. The van der Waals surface area contributed by atoms with Gasteiger partial charge in [0.1, 0.15) is 23.3 Å². The highest BCUT2D eigenvalue weighted by Gasteiger charge is 2.56. The summed E-state index contributed by atoms with van der Waals surface area (Å²) in [7, 11) is -3.02. The van der Waals surface area contributed by atoms with Gasteiger partial charge in [0.15, 0.2) is 0 Å². The van der Waals surface area contributed by atoms with Crippen molar-refractivity contribution in [1.29, 1.82) is 0 Å². The number of rotatable bonds is 3. The standard InChI is InChI=1S/C15H17F2NO5S/c1-22-14(19)15(4-2-3-5-15)18-9-13(23-24(18,20)21)10-6-11(16)8-12(17)7-10/h6-8,13H,2-5,9H2,1H3. The molecule has 132 valence electrons. The van der Waals surface area contributed by atoms with Crippen LogP contribution in [-0.4, -0.2) is 37.9 Å². The van der Waals surface area contributed by atoms with Crippen molar-refractivity contribution in [1.82, 2.24) is 4.31 Å². The lowest BCUT2D eigenvalue weighted by Gasteiger charge is -2.32. The van der Waals surface area contributed by atoms with Crippen LogP contribution in [0.5, 0.6) is 0 Å². The molecule has 0 N–H and O–H groups in total. The van der Waals surface area contributed by atoms with Gasteiger partial charge < -0.3 is 4.74 Å². The zero-order valence-corrected chi connectivity index (χ0v) is 13.8. The third-order valence-corrected chi connectivity index (χ3v) is 6.08. The van der Waals surface area contributed by atoms with Gasteiger partial charge in [-0.25, -0.2) is 13.0 Å². The van der Waals surface area contributed by atoms with Gasteiger partial charge in [-0.05, 0) is 30.5 Å². The number of halogens is 2. The topological polar surface area (TPSA) is 72.9 Å². The maximum absolute atomic E-state index is 13.4. The van der Waals surface area contributed by atoms with Crippen LogP contribution in [0.1, 0.15) is 37.4 Å². The molecule has 6 nitrogen and oxygen atoms in total. The molecule has 2 aliphatic rings. The SMILES string of the molecule is COC(=O)C1(N2CC(c3cc(F)cc(F)c3)OS2(=O)=O)CCCC1. The van der Waals surface area contributed by atoms with Gasteiger partial charge in [-0.2, -0.15) is 12.7 Å². The molecule has 0 radical (unpaired) electrons. The van der Waals surface area contributed by atoms with Crippen molar-refractivity contribution in [2.75, 3.05) is 13.7 Å². The molecule has 24 heavy (non-hydrogen) atoms. The molecule has 1 atom stereocenters. The highest BCUT2D eigenvalue weighted by molar-refractivity contribution is 7.84. The highest BCUT2D eigenvalue weighted by atomic mass is 32.2. The number of hydrogen-bond donors (Lipinski definition) is 0. The van der Waals surface area contributed by atoms with Crippen LogP contribution < -0.4 is 0 Å². The summed E-state index contributed by atoms with van der Waals surface area (Å²) in [6.07, 6.45) is 0.932. The van der Waals surface area contributed by atoms with Crippen molar-refractivity contribution < 1.29 is 30.9 Å². The summed E-state index contributed by atoms with van der Waals surface area (Å²) in [6.45, 7) is -0.194. The van der Waals surface area contributed by atoms with Crippen LogP contribution >= 0.6 is 0 Å². The number of nitrogens with zero attached hydrogens (tertiary/aromatic N) is 1. The maximum atomic E-state index is 13.4. The first-order valence-electron chi connectivity index (χ1n) is 7.54. The number of ether oxygens (including phenoxy) is 1. The van der Waals surface area contributed by atoms with Gasteiger partial charge in [-0.3, -0.25) is 4.79 Å². The van der Waals surface area contributed by atoms with Crippen LogP contribution in [0, 0.1) is 11.6 Å². The molecule has 0 spiro atoms. The van der Waals surface area contributed by atoms with E-state index in [0.717, 1.165) is 16.4 Å². The Kier molecular flexibility index (Phi) is 4.35. The Labute approximate surface area is 138 Å². The minimum atomic E-state index is -4.22. The van der Waals surface area contributed by atoms with Gasteiger partial charge >= 0.3 is 16.3 Å². The zero-order valence-electron chi connectivity index (χ0n) is 13.0. The predicted molar refractivity (Wildman–Crippen MR) is 79.0 cm³/mol. The molecule has 1 saturated carbocycles. The number of hydrogen-bond acceptors (Lipinski definition) is 5. The van der Waals surface area contributed by atoms with Gasteiger partial charge in [0.05, 0.1) is 7.11 Å². The van der Waals surface area contributed by atoms with E-state index < -0.39 is 39.6 Å². The molecule has 1 aromatic rings. The Balaban J connectivity index is 1.97. The smallest absolute Gasteiger partial charge is 0.340 e. The van der Waals surface area contributed by atoms with E-state index in [-0.39, 0.29) is 12.1 Å². The quantitative estimate of drug-likeness (QED) is 0.771. The molecule has 0 bridgehead atoms. The molecule has 3 rings (SSSR count). The van der Waals surface area contributed by atoms with Crippen LogP contribution in [-0.2, 0) is 24.0 Å². The normalized spacial score (nSPS) is 25.7. The van der Waals surface area contributed by atoms with Crippen molar-refractivity contribution in [3.05, 3.63) is 35.4 Å². The van der Waals surface area contributed by atoms with Crippen molar-refractivity contribution in [2.24, 2.45) is 0 Å². The largest absolute Gasteiger partial charge is 0.468 e. The summed E-state index contributed by atoms with van der Waals surface area (Å²) in [5.74, 6) is -2.29. The average Bonchev–Trinajstić information content (AvgIpc) is 3.10. The van der Waals surface area contributed by atoms with Crippen LogP contribution in [0.25, 0.3) is 0 Å². The predicted octanol–water partition coefficient (Wildman–Crippen LogP) is 2.07. The van der Waals surface area contributed by atoms with Gasteiger partial charge in [-0.15, -0.1) is 0 Å². The zero-order chi connectivity index (χ0) is 17.5. The molecule has 0 aromatic heterocycles. The second-order valence-electron chi connectivity index (χ2n) is 6.01. The Morgan fingerprint density at radius 1 is 1.25 bits per heavy atom. The van der Waals surface area contributed by atoms with Crippen molar-refractivity contribution >= 4 is 16.3 Å². The Bertz CT molecular complexity index is 741. The van der Waals surface area contributed by atoms with Crippen LogP contribution in [0.4, 0.5) is 8.78 Å². The Morgan fingerprint density at radius 2 is 1.83 bits per heavy atom. The number of methoxy groups -OCH3 is 1. The van der Waals surface area contributed by atoms with Crippen LogP contribution in [0.15, 0.2) is 18.2 Å². The monoisotopic (exact) mass is 361 g/mol. The molecule has 9 heteroatoms. The van der Waals surface area contributed by atoms with E-state index in [1.807, 2.05) is 0 Å². The molecule has 1 aromatic carbocycles. The van der Waals surface area contributed by atoms with Gasteiger partial charge in [0.25, 0.3) is 0 Å². The molecule has 1 saturated heterocycles. The van der Waals surface area contributed by atoms with Crippen molar-refractivity contribution in [2.45, 2.75) is 37.3 Å². The Hall–Kier alpha value is -1.58. The summed E-state index contributed by atoms with van der Waals surface area (Å²) in [5, 5.41) is 0. The molecule has 1 heterocycles. The molecule has 1 aliphatic heterocycles. The molecular weight excluding hydrogens is 344 g/mol. The summed E-state index contributed by atoms with van der Waals surface area (Å²) in [4.78, 5) is 12.3. The van der Waals surface area contributed by atoms with Gasteiger partial charge in [0.2, 0.25) is 0 Å². The molecule has 0 amide bonds. The summed E-state index contributed by atoms with van der Waals surface area (Å²) in [5.41, 5.74) is -1.25. The lowest BCUT2D eigenvalue weighted by Crippen LogP contribution is -2.53. The van der Waals surface area contributed by atoms with E-state index in [1.165, 1.54) is 7.11 Å². The fraction of sp³-hybridized carbons (Fsp3) is 0.533. The number of esters is 1. The molecule has 2 fully saturated rings. The third kappa shape index (κ3) is 2.80. The van der Waals surface area contributed by atoms with Crippen molar-refractivity contribution in [3.8, 4) is 0 Å². The lowest BCUT2D eigenvalue weighted by atomic mass is 9.96. The second kappa shape index (κ2) is 6.05. The number of carbonyl (C=O) groups is 1. The first-order valence-corrected chi connectivity index (χ1v) is 8.90. The van der Waals surface area contributed by atoms with E-state index in [4.69, 9.17) is 8.92 Å². The molecule has 1 aliphatic carbocycles. The first-order chi connectivity index (χ1) is 11.3. The maximum Gasteiger partial charge on any atom is 0.340 e. The van der Waals surface area contributed by atoms with E-state index in [2.05, 4.69) is 0 Å². The highest BCUT2D eigenvalue weighted by Crippen LogP contribution is 2.43. The number of carbonyl (C=O) groups excluding carboxylic acids is 1. The van der Waals surface area contributed by atoms with Crippen LogP contribution in [0.3, 0.4) is 0 Å². The Morgan fingerprint density at radius 3 is 2.38 bits per heavy atom. The number of benzene rings is 1. The minimum absolute atomic E-state index is 0.0663. The van der Waals surface area contributed by atoms with Crippen LogP contribution in [0.2, 0.25) is 0 Å². The van der Waals surface area contributed by atoms with E-state index in [0.29, 0.717) is 31.7 Å². The summed E-state index contributed by atoms with van der Waals surface area (Å²) in [6, 6.07) is 2.73. The van der Waals surface area contributed by atoms with Crippen molar-refractivity contribution in [3.63, 3.8) is 0 Å². The minimum Gasteiger partial charge on any atom is -0.468 e. The lowest BCUT2D eigenvalue weighted by molar-refractivity contribution is -0.151. The van der Waals surface area contributed by atoms with Gasteiger partial charge in [0, 0.05) is 12.6 Å². The fourth-order valence-electron chi connectivity index (χ4n) is 3.49. The first kappa shape index (κ1) is 17.2. The van der Waals surface area contributed by atoms with Gasteiger partial charge in [-0.1, -0.05) is 12.8 Å². The molecular formula is C15H17F2NO5S. The summed E-state index contributed by atoms with van der Waals surface area (Å²) >= 11 is 0. The second-order valence-corrected chi connectivity index (χ2v) is 7.50. The van der Waals surface area contributed by atoms with E-state index in [1.54, 1.807) is 0 Å². The average molecular weight is 361 g/mol. The molecule has 1 unspecified atom stereocenters. The van der Waals surface area contributed by atoms with E-state index >= 15 is 0 Å². The third-order valence-electron chi connectivity index (χ3n) is 4.57.